The highest BCUT2D eigenvalue weighted by atomic mass is 16.5. The molecule has 2 atom stereocenters. The van der Waals surface area contributed by atoms with Crippen molar-refractivity contribution in [3.05, 3.63) is 71.7 Å². The number of aromatic nitrogens is 1. The van der Waals surface area contributed by atoms with Crippen LogP contribution in [-0.2, 0) is 9.53 Å². The second-order valence-electron chi connectivity index (χ2n) is 10.1. The van der Waals surface area contributed by atoms with E-state index in [1.807, 2.05) is 19.9 Å². The van der Waals surface area contributed by atoms with Crippen molar-refractivity contribution in [3.63, 3.8) is 0 Å². The van der Waals surface area contributed by atoms with Crippen LogP contribution in [0.25, 0.3) is 11.3 Å². The zero-order valence-electron chi connectivity index (χ0n) is 22.7. The average Bonchev–Trinajstić information content (AvgIpc) is 3.43. The summed E-state index contributed by atoms with van der Waals surface area (Å²) in [5.74, 6) is -0.218. The molecule has 1 aliphatic rings. The van der Waals surface area contributed by atoms with Gasteiger partial charge in [-0.3, -0.25) is 14.4 Å². The molecule has 2 unspecified atom stereocenters. The Labute approximate surface area is 228 Å². The van der Waals surface area contributed by atoms with Gasteiger partial charge in [0.1, 0.15) is 17.5 Å². The van der Waals surface area contributed by atoms with Crippen LogP contribution in [0, 0.1) is 12.8 Å². The van der Waals surface area contributed by atoms with Crippen LogP contribution in [0.5, 0.6) is 0 Å². The molecule has 206 valence electrons. The number of amides is 3. The Morgan fingerprint density at radius 1 is 0.974 bits per heavy atom. The van der Waals surface area contributed by atoms with E-state index in [9.17, 15) is 14.4 Å². The Kier molecular flexibility index (Phi) is 9.49. The molecule has 2 aromatic heterocycles. The standard InChI is InChI=1S/C30H36N4O5/c1-19-8-7-11-24(31-19)28(35)33-23-14-12-21(13-15-23)25-16-17-26(39-25)29(36)34-27(22-9-5-4-6-10-22)30(37)32-20(2)18-38-3/h7-8,11-17,20,22,27H,4-6,9-10,18H2,1-3H3,(H,32,37)(H,33,35)(H,34,36). The molecule has 1 saturated carbocycles. The van der Waals surface area contributed by atoms with Crippen LogP contribution in [0.1, 0.15) is 65.8 Å². The summed E-state index contributed by atoms with van der Waals surface area (Å²) in [4.78, 5) is 42.9. The third-order valence-electron chi connectivity index (χ3n) is 6.87. The Morgan fingerprint density at radius 3 is 2.41 bits per heavy atom. The Bertz CT molecular complexity index is 1280. The summed E-state index contributed by atoms with van der Waals surface area (Å²) >= 11 is 0. The maximum atomic E-state index is 13.1. The molecular formula is C30H36N4O5. The molecule has 39 heavy (non-hydrogen) atoms. The number of anilines is 1. The minimum absolute atomic E-state index is 0.0737. The van der Waals surface area contributed by atoms with Gasteiger partial charge in [-0.2, -0.15) is 0 Å². The third kappa shape index (κ3) is 7.54. The number of carbonyl (C=O) groups excluding carboxylic acids is 3. The van der Waals surface area contributed by atoms with Crippen LogP contribution in [-0.4, -0.2) is 48.5 Å². The maximum absolute atomic E-state index is 13.1. The van der Waals surface area contributed by atoms with Crippen LogP contribution < -0.4 is 16.0 Å². The number of furan rings is 1. The average molecular weight is 533 g/mol. The van der Waals surface area contributed by atoms with Gasteiger partial charge in [0.25, 0.3) is 11.8 Å². The molecule has 9 heteroatoms. The second-order valence-corrected chi connectivity index (χ2v) is 10.1. The normalized spacial score (nSPS) is 15.3. The first-order chi connectivity index (χ1) is 18.8. The molecule has 4 rings (SSSR count). The number of carbonyl (C=O) groups is 3. The molecular weight excluding hydrogens is 496 g/mol. The smallest absolute Gasteiger partial charge is 0.287 e. The van der Waals surface area contributed by atoms with Gasteiger partial charge < -0.3 is 25.1 Å². The Morgan fingerprint density at radius 2 is 1.72 bits per heavy atom. The number of ether oxygens (including phenoxy) is 1. The molecule has 9 nitrogen and oxygen atoms in total. The highest BCUT2D eigenvalue weighted by Crippen LogP contribution is 2.28. The lowest BCUT2D eigenvalue weighted by Crippen LogP contribution is -2.53. The molecule has 1 aromatic carbocycles. The molecule has 1 fully saturated rings. The molecule has 3 aromatic rings. The van der Waals surface area contributed by atoms with Crippen LogP contribution in [0.15, 0.2) is 59.0 Å². The molecule has 0 saturated heterocycles. The van der Waals surface area contributed by atoms with E-state index in [-0.39, 0.29) is 29.5 Å². The monoisotopic (exact) mass is 532 g/mol. The number of benzene rings is 1. The SMILES string of the molecule is COCC(C)NC(=O)C(NC(=O)c1ccc(-c2ccc(NC(=O)c3cccc(C)n3)cc2)o1)C1CCCCC1. The van der Waals surface area contributed by atoms with Gasteiger partial charge in [0, 0.05) is 30.1 Å². The number of aryl methyl sites for hydroxylation is 1. The number of pyridine rings is 1. The van der Waals surface area contributed by atoms with E-state index in [1.54, 1.807) is 55.6 Å². The Hall–Kier alpha value is -3.98. The number of nitrogens with one attached hydrogen (secondary N) is 3. The first kappa shape index (κ1) is 28.0. The minimum Gasteiger partial charge on any atom is -0.451 e. The fourth-order valence-corrected chi connectivity index (χ4v) is 4.90. The number of hydrogen-bond donors (Lipinski definition) is 3. The third-order valence-corrected chi connectivity index (χ3v) is 6.87. The van der Waals surface area contributed by atoms with Crippen molar-refractivity contribution in [2.24, 2.45) is 5.92 Å². The van der Waals surface area contributed by atoms with Gasteiger partial charge in [-0.05, 0) is 81.1 Å². The summed E-state index contributed by atoms with van der Waals surface area (Å²) in [5, 5.41) is 8.71. The zero-order chi connectivity index (χ0) is 27.8. The zero-order valence-corrected chi connectivity index (χ0v) is 22.7. The molecule has 3 N–H and O–H groups in total. The maximum Gasteiger partial charge on any atom is 0.287 e. The van der Waals surface area contributed by atoms with Crippen LogP contribution in [0.4, 0.5) is 5.69 Å². The van der Waals surface area contributed by atoms with E-state index < -0.39 is 11.9 Å². The van der Waals surface area contributed by atoms with Crippen LogP contribution in [0.3, 0.4) is 0 Å². The van der Waals surface area contributed by atoms with E-state index in [1.165, 1.54) is 0 Å². The number of hydrogen-bond acceptors (Lipinski definition) is 6. The van der Waals surface area contributed by atoms with E-state index in [2.05, 4.69) is 20.9 Å². The van der Waals surface area contributed by atoms with Crippen molar-refractivity contribution in [2.75, 3.05) is 19.0 Å². The second kappa shape index (κ2) is 13.2. The molecule has 0 aliphatic heterocycles. The van der Waals surface area contributed by atoms with Crippen molar-refractivity contribution in [1.82, 2.24) is 15.6 Å². The van der Waals surface area contributed by atoms with Gasteiger partial charge in [-0.15, -0.1) is 0 Å². The molecule has 2 heterocycles. The van der Waals surface area contributed by atoms with E-state index in [0.29, 0.717) is 23.7 Å². The minimum atomic E-state index is -0.642. The summed E-state index contributed by atoms with van der Waals surface area (Å²) in [7, 11) is 1.59. The van der Waals surface area contributed by atoms with E-state index >= 15 is 0 Å². The number of rotatable bonds is 10. The number of nitrogens with zero attached hydrogens (tertiary/aromatic N) is 1. The quantitative estimate of drug-likeness (QED) is 0.347. The van der Waals surface area contributed by atoms with Crippen molar-refractivity contribution < 1.29 is 23.5 Å². The fourth-order valence-electron chi connectivity index (χ4n) is 4.90. The first-order valence-electron chi connectivity index (χ1n) is 13.4. The highest BCUT2D eigenvalue weighted by Gasteiger charge is 2.32. The molecule has 3 amide bonds. The Balaban J connectivity index is 1.41. The summed E-state index contributed by atoms with van der Waals surface area (Å²) in [5.41, 5.74) is 2.47. The fraction of sp³-hybridized carbons (Fsp3) is 0.400. The van der Waals surface area contributed by atoms with Gasteiger partial charge >= 0.3 is 0 Å². The lowest BCUT2D eigenvalue weighted by molar-refractivity contribution is -0.125. The van der Waals surface area contributed by atoms with Gasteiger partial charge in [0.15, 0.2) is 5.76 Å². The summed E-state index contributed by atoms with van der Waals surface area (Å²) < 4.78 is 11.0. The number of methoxy groups -OCH3 is 1. The van der Waals surface area contributed by atoms with Crippen molar-refractivity contribution >= 4 is 23.4 Å². The predicted octanol–water partition coefficient (Wildman–Crippen LogP) is 4.73. The topological polar surface area (TPSA) is 123 Å². The lowest BCUT2D eigenvalue weighted by Gasteiger charge is -2.30. The lowest BCUT2D eigenvalue weighted by atomic mass is 9.83. The van der Waals surface area contributed by atoms with E-state index in [0.717, 1.165) is 43.4 Å². The van der Waals surface area contributed by atoms with Crippen LogP contribution in [0.2, 0.25) is 0 Å². The summed E-state index contributed by atoms with van der Waals surface area (Å²) in [6.45, 7) is 4.10. The van der Waals surface area contributed by atoms with Crippen molar-refractivity contribution in [2.45, 2.75) is 58.0 Å². The molecule has 0 spiro atoms. The van der Waals surface area contributed by atoms with Gasteiger partial charge in [0.2, 0.25) is 5.91 Å². The largest absolute Gasteiger partial charge is 0.451 e. The van der Waals surface area contributed by atoms with Gasteiger partial charge in [0.05, 0.1) is 6.61 Å². The highest BCUT2D eigenvalue weighted by molar-refractivity contribution is 6.03. The molecule has 0 bridgehead atoms. The summed E-state index contributed by atoms with van der Waals surface area (Å²) in [6, 6.07) is 14.9. The first-order valence-corrected chi connectivity index (χ1v) is 13.4. The predicted molar refractivity (Wildman–Crippen MR) is 148 cm³/mol. The van der Waals surface area contributed by atoms with Crippen molar-refractivity contribution in [3.8, 4) is 11.3 Å². The van der Waals surface area contributed by atoms with Crippen LogP contribution >= 0.6 is 0 Å². The van der Waals surface area contributed by atoms with Gasteiger partial charge in [-0.25, -0.2) is 4.98 Å². The van der Waals surface area contributed by atoms with Crippen molar-refractivity contribution in [1.29, 1.82) is 0 Å². The van der Waals surface area contributed by atoms with E-state index in [4.69, 9.17) is 9.15 Å². The molecule has 1 aliphatic carbocycles. The molecule has 0 radical (unpaired) electrons. The summed E-state index contributed by atoms with van der Waals surface area (Å²) in [6.07, 6.45) is 5.01. The van der Waals surface area contributed by atoms with Gasteiger partial charge in [-0.1, -0.05) is 25.3 Å².